The van der Waals surface area contributed by atoms with Crippen LogP contribution >= 0.6 is 0 Å². The molecule has 1 aromatic rings. The topological polar surface area (TPSA) is 82.9 Å². The Bertz CT molecular complexity index is 650. The third-order valence-electron chi connectivity index (χ3n) is 2.61. The van der Waals surface area contributed by atoms with Gasteiger partial charge in [-0.25, -0.2) is 0 Å². The zero-order valence-electron chi connectivity index (χ0n) is 9.62. The van der Waals surface area contributed by atoms with Crippen LogP contribution in [0.4, 0.5) is 0 Å². The highest BCUT2D eigenvalue weighted by molar-refractivity contribution is 6.27. The smallest absolute Gasteiger partial charge is 0.196 e. The van der Waals surface area contributed by atoms with Crippen LogP contribution < -0.4 is 0 Å². The lowest BCUT2D eigenvalue weighted by molar-refractivity contribution is 0.0976. The molecule has 2 rings (SSSR count). The Labute approximate surface area is 103 Å². The number of carbonyl (C=O) groups excluding carboxylic acids is 2. The van der Waals surface area contributed by atoms with Crippen LogP contribution in [0.3, 0.4) is 0 Å². The Kier molecular flexibility index (Phi) is 3.08. The highest BCUT2D eigenvalue weighted by atomic mass is 16.1. The summed E-state index contributed by atoms with van der Waals surface area (Å²) >= 11 is 0. The van der Waals surface area contributed by atoms with Gasteiger partial charge in [0.15, 0.2) is 11.6 Å². The first-order chi connectivity index (χ1) is 8.70. The molecule has 0 bridgehead atoms. The SMILES string of the molecule is CC=CC1=C(N=[N+]=[N-])C(=O)c2ccccc2C1=O. The van der Waals surface area contributed by atoms with Gasteiger partial charge in [0.1, 0.15) is 0 Å². The van der Waals surface area contributed by atoms with Crippen molar-refractivity contribution in [2.24, 2.45) is 5.11 Å². The predicted molar refractivity (Wildman–Crippen MR) is 66.1 cm³/mol. The number of allylic oxidation sites excluding steroid dienone is 4. The van der Waals surface area contributed by atoms with Gasteiger partial charge in [0.05, 0.1) is 5.70 Å². The highest BCUT2D eigenvalue weighted by Crippen LogP contribution is 2.27. The summed E-state index contributed by atoms with van der Waals surface area (Å²) in [6.07, 6.45) is 3.11. The first kappa shape index (κ1) is 11.8. The van der Waals surface area contributed by atoms with E-state index in [9.17, 15) is 9.59 Å². The summed E-state index contributed by atoms with van der Waals surface area (Å²) in [5.74, 6) is -0.721. The van der Waals surface area contributed by atoms with E-state index in [0.717, 1.165) is 0 Å². The van der Waals surface area contributed by atoms with Crippen molar-refractivity contribution in [2.45, 2.75) is 6.92 Å². The number of nitrogens with zero attached hydrogens (tertiary/aromatic N) is 3. The number of hydrogen-bond donors (Lipinski definition) is 0. The molecule has 0 fully saturated rings. The van der Waals surface area contributed by atoms with Crippen LogP contribution in [0.25, 0.3) is 10.4 Å². The maximum Gasteiger partial charge on any atom is 0.196 e. The first-order valence-corrected chi connectivity index (χ1v) is 5.31. The van der Waals surface area contributed by atoms with Gasteiger partial charge in [0, 0.05) is 21.6 Å². The third-order valence-corrected chi connectivity index (χ3v) is 2.61. The van der Waals surface area contributed by atoms with Crippen molar-refractivity contribution in [3.8, 4) is 0 Å². The zero-order chi connectivity index (χ0) is 13.1. The molecule has 0 aromatic heterocycles. The van der Waals surface area contributed by atoms with E-state index >= 15 is 0 Å². The molecule has 0 saturated carbocycles. The maximum absolute atomic E-state index is 12.2. The summed E-state index contributed by atoms with van der Waals surface area (Å²) in [7, 11) is 0. The van der Waals surface area contributed by atoms with Crippen molar-refractivity contribution in [2.75, 3.05) is 0 Å². The van der Waals surface area contributed by atoms with E-state index in [0.29, 0.717) is 5.56 Å². The number of rotatable bonds is 2. The molecule has 0 N–H and O–H groups in total. The molecule has 0 heterocycles. The van der Waals surface area contributed by atoms with Gasteiger partial charge in [0.25, 0.3) is 0 Å². The summed E-state index contributed by atoms with van der Waals surface area (Å²) < 4.78 is 0. The number of benzene rings is 1. The Morgan fingerprint density at radius 2 is 1.78 bits per heavy atom. The van der Waals surface area contributed by atoms with Crippen LogP contribution in [0.15, 0.2) is 52.8 Å². The lowest BCUT2D eigenvalue weighted by Crippen LogP contribution is -2.20. The van der Waals surface area contributed by atoms with Crippen LogP contribution in [-0.2, 0) is 0 Å². The minimum atomic E-state index is -0.420. The second-order valence-electron chi connectivity index (χ2n) is 3.66. The Morgan fingerprint density at radius 1 is 1.17 bits per heavy atom. The summed E-state index contributed by atoms with van der Waals surface area (Å²) in [6, 6.07) is 6.50. The van der Waals surface area contributed by atoms with Crippen molar-refractivity contribution in [3.63, 3.8) is 0 Å². The normalized spacial score (nSPS) is 14.7. The Hall–Kier alpha value is -2.65. The average Bonchev–Trinajstić information content (AvgIpc) is 2.40. The number of Topliss-reactive ketones (excluding diaryl/α,β-unsaturated/α-hetero) is 2. The lowest BCUT2D eigenvalue weighted by atomic mass is 9.87. The molecule has 18 heavy (non-hydrogen) atoms. The van der Waals surface area contributed by atoms with Gasteiger partial charge in [-0.3, -0.25) is 9.59 Å². The Morgan fingerprint density at radius 3 is 2.33 bits per heavy atom. The van der Waals surface area contributed by atoms with Crippen molar-refractivity contribution in [3.05, 3.63) is 69.3 Å². The second-order valence-corrected chi connectivity index (χ2v) is 3.66. The lowest BCUT2D eigenvalue weighted by Gasteiger charge is -2.16. The first-order valence-electron chi connectivity index (χ1n) is 5.31. The molecule has 0 unspecified atom stereocenters. The Balaban J connectivity index is 2.75. The molecule has 5 nitrogen and oxygen atoms in total. The summed E-state index contributed by atoms with van der Waals surface area (Å²) in [6.45, 7) is 1.72. The van der Waals surface area contributed by atoms with Crippen LogP contribution in [0.2, 0.25) is 0 Å². The van der Waals surface area contributed by atoms with Crippen molar-refractivity contribution in [1.29, 1.82) is 0 Å². The number of hydrogen-bond acceptors (Lipinski definition) is 3. The molecule has 0 saturated heterocycles. The fraction of sp³-hybridized carbons (Fsp3) is 0.0769. The molecular formula is C13H9N3O2. The number of ketones is 2. The van der Waals surface area contributed by atoms with Crippen molar-refractivity contribution in [1.82, 2.24) is 0 Å². The van der Waals surface area contributed by atoms with Crippen molar-refractivity contribution < 1.29 is 9.59 Å². The van der Waals surface area contributed by atoms with Crippen LogP contribution in [0.1, 0.15) is 27.6 Å². The fourth-order valence-electron chi connectivity index (χ4n) is 1.85. The van der Waals surface area contributed by atoms with E-state index in [1.54, 1.807) is 37.3 Å². The van der Waals surface area contributed by atoms with Crippen LogP contribution in [0.5, 0.6) is 0 Å². The van der Waals surface area contributed by atoms with E-state index in [1.807, 2.05) is 0 Å². The van der Waals surface area contributed by atoms with Gasteiger partial charge in [-0.1, -0.05) is 41.5 Å². The molecule has 0 spiro atoms. The quantitative estimate of drug-likeness (QED) is 0.451. The molecule has 5 heteroatoms. The summed E-state index contributed by atoms with van der Waals surface area (Å²) in [5.41, 5.74) is 9.11. The molecule has 0 radical (unpaired) electrons. The zero-order valence-corrected chi connectivity index (χ0v) is 9.62. The van der Waals surface area contributed by atoms with Crippen LogP contribution in [-0.4, -0.2) is 11.6 Å². The number of fused-ring (bicyclic) bond motifs is 1. The highest BCUT2D eigenvalue weighted by Gasteiger charge is 2.29. The van der Waals surface area contributed by atoms with Crippen LogP contribution in [0, 0.1) is 0 Å². The van der Waals surface area contributed by atoms with Gasteiger partial charge < -0.3 is 0 Å². The summed E-state index contributed by atoms with van der Waals surface area (Å²) in [4.78, 5) is 26.9. The van der Waals surface area contributed by atoms with Gasteiger partial charge in [-0.2, -0.15) is 0 Å². The summed E-state index contributed by atoms with van der Waals surface area (Å²) in [5, 5.41) is 3.35. The number of azide groups is 1. The van der Waals surface area contributed by atoms with Gasteiger partial charge in [0.2, 0.25) is 0 Å². The molecule has 1 aromatic carbocycles. The molecular weight excluding hydrogens is 230 g/mol. The number of carbonyl (C=O) groups is 2. The van der Waals surface area contributed by atoms with Crippen molar-refractivity contribution >= 4 is 11.6 Å². The standard InChI is InChI=1S/C13H9N3O2/c1-2-5-10-11(15-16-14)13(18)9-7-4-3-6-8(9)12(10)17/h2-7H,1H3. The molecule has 0 atom stereocenters. The van der Waals surface area contributed by atoms with Gasteiger partial charge in [-0.15, -0.1) is 0 Å². The van der Waals surface area contributed by atoms with E-state index < -0.39 is 5.78 Å². The van der Waals surface area contributed by atoms with Gasteiger partial charge in [-0.05, 0) is 12.5 Å². The van der Waals surface area contributed by atoms with E-state index in [2.05, 4.69) is 10.0 Å². The van der Waals surface area contributed by atoms with E-state index in [1.165, 1.54) is 6.08 Å². The molecule has 1 aliphatic carbocycles. The van der Waals surface area contributed by atoms with E-state index in [4.69, 9.17) is 5.53 Å². The minimum absolute atomic E-state index is 0.138. The third kappa shape index (κ3) is 1.73. The van der Waals surface area contributed by atoms with Gasteiger partial charge >= 0.3 is 0 Å². The molecule has 0 aliphatic heterocycles. The minimum Gasteiger partial charge on any atom is -0.289 e. The monoisotopic (exact) mass is 239 g/mol. The molecule has 88 valence electrons. The van der Waals surface area contributed by atoms with E-state index in [-0.39, 0.29) is 22.6 Å². The maximum atomic E-state index is 12.2. The average molecular weight is 239 g/mol. The molecule has 0 amide bonds. The second kappa shape index (κ2) is 4.69. The molecule has 1 aliphatic rings. The largest absolute Gasteiger partial charge is 0.289 e. The fourth-order valence-corrected chi connectivity index (χ4v) is 1.85. The predicted octanol–water partition coefficient (Wildman–Crippen LogP) is 3.21.